The molecule has 0 bridgehead atoms. The van der Waals surface area contributed by atoms with Crippen LogP contribution in [0.3, 0.4) is 0 Å². The molecule has 2 aliphatic rings. The molecule has 5 heterocycles. The number of hydrogen-bond acceptors (Lipinski definition) is 8. The summed E-state index contributed by atoms with van der Waals surface area (Å²) in [5, 5.41) is 2.64. The van der Waals surface area contributed by atoms with E-state index < -0.39 is 95.4 Å². The van der Waals surface area contributed by atoms with Gasteiger partial charge in [0.2, 0.25) is 29.7 Å². The van der Waals surface area contributed by atoms with Gasteiger partial charge in [0.15, 0.2) is 0 Å². The number of benzene rings is 2. The van der Waals surface area contributed by atoms with Crippen LogP contribution in [0, 0.1) is 41.1 Å². The van der Waals surface area contributed by atoms with Crippen LogP contribution >= 0.6 is 0 Å². The summed E-state index contributed by atoms with van der Waals surface area (Å²) in [7, 11) is 0. The molecule has 73 heavy (non-hydrogen) atoms. The van der Waals surface area contributed by atoms with Crippen molar-refractivity contribution in [1.29, 1.82) is 0 Å². The molecule has 0 radical (unpaired) electrons. The van der Waals surface area contributed by atoms with Crippen molar-refractivity contribution in [3.8, 4) is 22.3 Å². The first-order chi connectivity index (χ1) is 34.8. The fourth-order valence-electron chi connectivity index (χ4n) is 8.65. The molecule has 21 heteroatoms. The standard InChI is InChI=1S/C29H20F6N4O2.C23H18F5N3O/c30-19-3-4-22(31)21(13-19)20-9-12-36-25(16-7-10-29(34,35)11-8-16)26(20)39(27(40)17-1-5-23(32)37-14-17)28(41)18-2-6-24(33)38-15-18;24-15-2-3-18(25)17(11-15)16-7-10-29-20(13-5-8-23(27,28)9-6-13)21(16)31-22(32)14-1-4-19(26)30-12-14/h1-6,9,12-16H,7-8,10-11H2;1-4,7,10-13H,5-6,8-9H2,(H,31,32). The molecule has 0 spiro atoms. The minimum Gasteiger partial charge on any atom is -0.320 e. The van der Waals surface area contributed by atoms with E-state index in [0.717, 1.165) is 85.3 Å². The zero-order valence-electron chi connectivity index (χ0n) is 37.8. The van der Waals surface area contributed by atoms with Crippen molar-refractivity contribution in [3.05, 3.63) is 185 Å². The molecule has 3 amide bonds. The number of rotatable bonds is 9. The topological polar surface area (TPSA) is 131 Å². The van der Waals surface area contributed by atoms with Crippen LogP contribution in [0.2, 0.25) is 0 Å². The molecule has 2 aromatic carbocycles. The van der Waals surface area contributed by atoms with E-state index in [-0.39, 0.29) is 94.5 Å². The van der Waals surface area contributed by atoms with Crippen molar-refractivity contribution in [2.45, 2.75) is 75.0 Å². The van der Waals surface area contributed by atoms with Crippen molar-refractivity contribution in [3.63, 3.8) is 0 Å². The number of amides is 3. The average Bonchev–Trinajstić information content (AvgIpc) is 3.36. The van der Waals surface area contributed by atoms with Crippen molar-refractivity contribution in [1.82, 2.24) is 24.9 Å². The van der Waals surface area contributed by atoms with Gasteiger partial charge >= 0.3 is 0 Å². The van der Waals surface area contributed by atoms with E-state index in [1.165, 1.54) is 30.6 Å². The summed E-state index contributed by atoms with van der Waals surface area (Å²) >= 11 is 0. The minimum absolute atomic E-state index is 0.0218. The third kappa shape index (κ3) is 11.9. The summed E-state index contributed by atoms with van der Waals surface area (Å²) in [6.07, 6.45) is 3.82. The highest BCUT2D eigenvalue weighted by Gasteiger charge is 2.40. The predicted molar refractivity (Wildman–Crippen MR) is 243 cm³/mol. The normalized spacial score (nSPS) is 15.4. The Kier molecular flexibility index (Phi) is 15.1. The third-order valence-corrected chi connectivity index (χ3v) is 12.4. The van der Waals surface area contributed by atoms with Gasteiger partial charge in [0, 0.05) is 90.8 Å². The summed E-state index contributed by atoms with van der Waals surface area (Å²) in [4.78, 5) is 60.3. The molecule has 0 aliphatic heterocycles. The quantitative estimate of drug-likeness (QED) is 0.0859. The van der Waals surface area contributed by atoms with Crippen molar-refractivity contribution in [2.24, 2.45) is 0 Å². The number of anilines is 2. The van der Waals surface area contributed by atoms with Gasteiger partial charge in [0.1, 0.15) is 23.3 Å². The number of carbonyl (C=O) groups is 3. The fraction of sp³-hybridized carbons (Fsp3) is 0.231. The first-order valence-corrected chi connectivity index (χ1v) is 22.5. The Balaban J connectivity index is 0.000000201. The highest BCUT2D eigenvalue weighted by Crippen LogP contribution is 2.47. The first kappa shape index (κ1) is 51.4. The summed E-state index contributed by atoms with van der Waals surface area (Å²) < 4.78 is 154. The number of carbonyl (C=O) groups excluding carboxylic acids is 3. The van der Waals surface area contributed by atoms with E-state index in [1.54, 1.807) is 0 Å². The van der Waals surface area contributed by atoms with E-state index in [4.69, 9.17) is 0 Å². The van der Waals surface area contributed by atoms with Gasteiger partial charge in [-0.1, -0.05) is 0 Å². The number of pyridine rings is 5. The maximum atomic E-state index is 15.1. The fourth-order valence-corrected chi connectivity index (χ4v) is 8.65. The summed E-state index contributed by atoms with van der Waals surface area (Å²) in [5.74, 6) is -15.3. The number of halogens is 11. The number of nitrogens with one attached hydrogen (secondary N) is 1. The van der Waals surface area contributed by atoms with Crippen LogP contribution in [0.5, 0.6) is 0 Å². The lowest BCUT2D eigenvalue weighted by Gasteiger charge is -2.32. The van der Waals surface area contributed by atoms with E-state index in [0.29, 0.717) is 10.6 Å². The Hall–Kier alpha value is -7.97. The van der Waals surface area contributed by atoms with Gasteiger partial charge in [-0.2, -0.15) is 13.2 Å². The summed E-state index contributed by atoms with van der Waals surface area (Å²) in [6, 6.07) is 14.3. The molecule has 376 valence electrons. The lowest BCUT2D eigenvalue weighted by molar-refractivity contribution is -0.0390. The lowest BCUT2D eigenvalue weighted by Crippen LogP contribution is -2.39. The van der Waals surface area contributed by atoms with Crippen molar-refractivity contribution in [2.75, 3.05) is 10.2 Å². The molecule has 1 N–H and O–H groups in total. The molecule has 7 aromatic rings. The van der Waals surface area contributed by atoms with Crippen LogP contribution < -0.4 is 10.2 Å². The molecule has 5 aromatic heterocycles. The molecule has 0 unspecified atom stereocenters. The maximum Gasteiger partial charge on any atom is 0.266 e. The molecular formula is C52H38F11N7O3. The Morgan fingerprint density at radius 1 is 0.479 bits per heavy atom. The highest BCUT2D eigenvalue weighted by atomic mass is 19.3. The van der Waals surface area contributed by atoms with Crippen LogP contribution in [0.1, 0.15) is 106 Å². The van der Waals surface area contributed by atoms with Crippen molar-refractivity contribution < 1.29 is 62.7 Å². The first-order valence-electron chi connectivity index (χ1n) is 22.5. The highest BCUT2D eigenvalue weighted by molar-refractivity contribution is 6.27. The van der Waals surface area contributed by atoms with Gasteiger partial charge in [-0.15, -0.1) is 0 Å². The minimum atomic E-state index is -2.92. The Morgan fingerprint density at radius 3 is 1.34 bits per heavy atom. The van der Waals surface area contributed by atoms with E-state index in [2.05, 4.69) is 30.2 Å². The second-order valence-electron chi connectivity index (χ2n) is 17.2. The molecule has 0 atom stereocenters. The van der Waals surface area contributed by atoms with Crippen LogP contribution in [0.4, 0.5) is 59.7 Å². The molecular weight excluding hydrogens is 980 g/mol. The summed E-state index contributed by atoms with van der Waals surface area (Å²) in [6.45, 7) is 0. The molecule has 2 fully saturated rings. The monoisotopic (exact) mass is 1020 g/mol. The summed E-state index contributed by atoms with van der Waals surface area (Å²) in [5.41, 5.74) is -0.745. The average molecular weight is 1020 g/mol. The van der Waals surface area contributed by atoms with Gasteiger partial charge in [0.25, 0.3) is 17.7 Å². The van der Waals surface area contributed by atoms with Crippen molar-refractivity contribution >= 4 is 29.1 Å². The van der Waals surface area contributed by atoms with Crippen LogP contribution in [-0.2, 0) is 0 Å². The predicted octanol–water partition coefficient (Wildman–Crippen LogP) is 13.0. The second kappa shape index (κ2) is 21.4. The van der Waals surface area contributed by atoms with E-state index in [1.807, 2.05) is 0 Å². The maximum absolute atomic E-state index is 15.1. The van der Waals surface area contributed by atoms with Gasteiger partial charge in [-0.25, -0.2) is 55.0 Å². The Labute approximate surface area is 408 Å². The lowest BCUT2D eigenvalue weighted by atomic mass is 9.82. The number of aromatic nitrogens is 5. The Morgan fingerprint density at radius 2 is 0.890 bits per heavy atom. The van der Waals surface area contributed by atoms with E-state index >= 15 is 4.39 Å². The molecule has 0 saturated heterocycles. The number of alkyl halides is 4. The van der Waals surface area contributed by atoms with Gasteiger partial charge in [-0.3, -0.25) is 24.4 Å². The molecule has 10 nitrogen and oxygen atoms in total. The van der Waals surface area contributed by atoms with Crippen LogP contribution in [-0.4, -0.2) is 54.5 Å². The smallest absolute Gasteiger partial charge is 0.266 e. The second-order valence-corrected chi connectivity index (χ2v) is 17.2. The SMILES string of the molecule is O=C(Nc1c(-c2cc(F)ccc2F)ccnc1C1CCC(F)(F)CC1)c1ccc(F)nc1.O=C(c1ccc(F)nc1)N(C(=O)c1ccc(F)nc1)c1c(-c2cc(F)ccc2F)ccnc1C1CCC(F)(F)CC1. The zero-order valence-corrected chi connectivity index (χ0v) is 37.8. The van der Waals surface area contributed by atoms with Gasteiger partial charge in [0.05, 0.1) is 39.5 Å². The number of hydrogen-bond donors (Lipinski definition) is 1. The van der Waals surface area contributed by atoms with E-state index in [9.17, 15) is 58.3 Å². The van der Waals surface area contributed by atoms with Gasteiger partial charge in [-0.05, 0) is 111 Å². The van der Waals surface area contributed by atoms with Crippen LogP contribution in [0.25, 0.3) is 22.3 Å². The Bertz CT molecular complexity index is 3110. The zero-order chi connectivity index (χ0) is 52.2. The molecule has 2 saturated carbocycles. The molecule has 9 rings (SSSR count). The number of imide groups is 1. The largest absolute Gasteiger partial charge is 0.320 e. The van der Waals surface area contributed by atoms with Crippen LogP contribution in [0.15, 0.2) is 116 Å². The van der Waals surface area contributed by atoms with Gasteiger partial charge < -0.3 is 5.32 Å². The molecule has 2 aliphatic carbocycles. The number of nitrogens with zero attached hydrogens (tertiary/aromatic N) is 6. The third-order valence-electron chi connectivity index (χ3n) is 12.4.